The van der Waals surface area contributed by atoms with E-state index in [1.165, 1.54) is 12.0 Å². The van der Waals surface area contributed by atoms with Crippen LogP contribution in [-0.4, -0.2) is 23.0 Å². The molecular weight excluding hydrogens is 334 g/mol. The summed E-state index contributed by atoms with van der Waals surface area (Å²) in [6.07, 6.45) is 4.74. The van der Waals surface area contributed by atoms with Crippen molar-refractivity contribution in [3.63, 3.8) is 0 Å². The number of epoxide rings is 1. The van der Waals surface area contributed by atoms with Gasteiger partial charge in [-0.05, 0) is 46.6 Å². The van der Waals surface area contributed by atoms with Gasteiger partial charge in [-0.2, -0.15) is 0 Å². The van der Waals surface area contributed by atoms with Crippen LogP contribution in [0.25, 0.3) is 0 Å². The van der Waals surface area contributed by atoms with Crippen LogP contribution in [0.5, 0.6) is 5.75 Å². The molecule has 0 unspecified atom stereocenters. The van der Waals surface area contributed by atoms with Crippen LogP contribution in [0, 0.1) is 17.3 Å². The summed E-state index contributed by atoms with van der Waals surface area (Å²) in [5.41, 5.74) is 2.84. The van der Waals surface area contributed by atoms with Gasteiger partial charge in [0.05, 0.1) is 6.10 Å². The average molecular weight is 370 g/mol. The largest absolute Gasteiger partial charge is 0.505 e. The van der Waals surface area contributed by atoms with Crippen molar-refractivity contribution in [1.82, 2.24) is 0 Å². The van der Waals surface area contributed by atoms with Crippen LogP contribution in [0.4, 0.5) is 5.69 Å². The molecule has 3 nitrogen and oxygen atoms in total. The zero-order valence-electron chi connectivity index (χ0n) is 18.2. The molecule has 3 heteroatoms. The molecule has 0 spiro atoms. The fraction of sp³-hybridized carbons (Fsp3) is 0.708. The number of ether oxygens (including phenoxy) is 1. The molecule has 1 aromatic rings. The normalized spacial score (nSPS) is 34.3. The summed E-state index contributed by atoms with van der Waals surface area (Å²) in [6.45, 7) is 17.8. The van der Waals surface area contributed by atoms with Gasteiger partial charge in [0, 0.05) is 17.7 Å². The van der Waals surface area contributed by atoms with E-state index in [1.807, 2.05) is 12.3 Å². The van der Waals surface area contributed by atoms with E-state index < -0.39 is 0 Å². The molecule has 4 atom stereocenters. The lowest BCUT2D eigenvalue weighted by Gasteiger charge is -2.57. The Hall–Kier alpha value is -1.35. The van der Waals surface area contributed by atoms with Crippen molar-refractivity contribution < 1.29 is 9.84 Å². The highest BCUT2D eigenvalue weighted by molar-refractivity contribution is 5.80. The molecule has 1 heterocycles. The zero-order chi connectivity index (χ0) is 20.0. The molecule has 4 aliphatic rings. The van der Waals surface area contributed by atoms with Gasteiger partial charge in [-0.3, -0.25) is 4.99 Å². The molecule has 0 aromatic heterocycles. The highest BCUT2D eigenvalue weighted by Gasteiger charge is 2.74. The maximum Gasteiger partial charge on any atom is 0.144 e. The number of phenols is 1. The molecule has 3 aliphatic carbocycles. The summed E-state index contributed by atoms with van der Waals surface area (Å²) in [7, 11) is 0. The first-order valence-electron chi connectivity index (χ1n) is 10.4. The minimum absolute atomic E-state index is 0.00287. The second-order valence-corrected chi connectivity index (χ2v) is 11.7. The van der Waals surface area contributed by atoms with Crippen molar-refractivity contribution in [1.29, 1.82) is 0 Å². The second-order valence-electron chi connectivity index (χ2n) is 11.7. The van der Waals surface area contributed by atoms with Gasteiger partial charge in [-0.25, -0.2) is 0 Å². The van der Waals surface area contributed by atoms with Gasteiger partial charge < -0.3 is 9.84 Å². The Labute approximate surface area is 164 Å². The summed E-state index contributed by atoms with van der Waals surface area (Å²) in [6, 6.07) is 4.19. The van der Waals surface area contributed by atoms with Gasteiger partial charge in [0.2, 0.25) is 0 Å². The third-order valence-electron chi connectivity index (χ3n) is 7.48. The number of benzene rings is 1. The Morgan fingerprint density at radius 3 is 2.30 bits per heavy atom. The van der Waals surface area contributed by atoms with E-state index in [-0.39, 0.29) is 16.4 Å². The number of hydrogen-bond acceptors (Lipinski definition) is 3. The average Bonchev–Trinajstić information content (AvgIpc) is 3.26. The van der Waals surface area contributed by atoms with E-state index in [0.29, 0.717) is 28.9 Å². The van der Waals surface area contributed by atoms with Gasteiger partial charge in [0.15, 0.2) is 0 Å². The number of aromatic hydroxyl groups is 1. The van der Waals surface area contributed by atoms with E-state index in [4.69, 9.17) is 9.73 Å². The lowest BCUT2D eigenvalue weighted by molar-refractivity contribution is -0.0640. The minimum atomic E-state index is -0.204. The molecule has 148 valence electrons. The molecule has 0 amide bonds. The molecule has 4 fully saturated rings. The van der Waals surface area contributed by atoms with Gasteiger partial charge in [-0.1, -0.05) is 61.5 Å². The number of aliphatic imine (C=N–C) groups is 1. The molecule has 1 saturated heterocycles. The van der Waals surface area contributed by atoms with Gasteiger partial charge in [0.1, 0.15) is 17.0 Å². The summed E-state index contributed by atoms with van der Waals surface area (Å²) in [5.74, 6) is 1.65. The Bertz CT molecular complexity index is 809. The maximum atomic E-state index is 11.0. The van der Waals surface area contributed by atoms with Crippen LogP contribution in [-0.2, 0) is 15.6 Å². The molecule has 5 rings (SSSR count). The third kappa shape index (κ3) is 2.76. The maximum absolute atomic E-state index is 11.0. The SMILES string of the molecule is CC(C)(C)c1cc(N=C[C@@]23O[C@@H]2C[C@@H]2C[C@H]3C2(C)C)c(O)c(C(C)(C)C)c1. The van der Waals surface area contributed by atoms with Crippen LogP contribution in [0.15, 0.2) is 17.1 Å². The van der Waals surface area contributed by atoms with Crippen LogP contribution in [0.1, 0.15) is 79.4 Å². The lowest BCUT2D eigenvalue weighted by atomic mass is 9.45. The van der Waals surface area contributed by atoms with E-state index in [1.54, 1.807) is 0 Å². The lowest BCUT2D eigenvalue weighted by Crippen LogP contribution is -2.57. The summed E-state index contributed by atoms with van der Waals surface area (Å²) in [4.78, 5) is 4.83. The van der Waals surface area contributed by atoms with E-state index in [9.17, 15) is 5.11 Å². The molecule has 3 saturated carbocycles. The van der Waals surface area contributed by atoms with Crippen molar-refractivity contribution in [2.75, 3.05) is 0 Å². The first-order valence-corrected chi connectivity index (χ1v) is 10.4. The van der Waals surface area contributed by atoms with Crippen molar-refractivity contribution >= 4 is 11.9 Å². The summed E-state index contributed by atoms with van der Waals surface area (Å²) in [5, 5.41) is 11.0. The van der Waals surface area contributed by atoms with Crippen LogP contribution < -0.4 is 0 Å². The fourth-order valence-electron chi connectivity index (χ4n) is 5.29. The molecule has 1 N–H and O–H groups in total. The molecule has 0 radical (unpaired) electrons. The Morgan fingerprint density at radius 2 is 1.74 bits per heavy atom. The fourth-order valence-corrected chi connectivity index (χ4v) is 5.29. The monoisotopic (exact) mass is 369 g/mol. The second kappa shape index (κ2) is 5.37. The van der Waals surface area contributed by atoms with Gasteiger partial charge in [0.25, 0.3) is 0 Å². The predicted octanol–water partition coefficient (Wildman–Crippen LogP) is 5.89. The standard InChI is InChI=1S/C24H35NO2/c1-21(2,3)14-9-16(22(4,5)6)20(26)17(10-14)25-13-24-18-11-15(23(18,7)8)12-19(24)27-24/h9-10,13,15,18-19,26H,11-12H2,1-8H3/t15-,18-,19+,24-/m0/s1. The Kier molecular flexibility index (Phi) is 3.78. The topological polar surface area (TPSA) is 45.1 Å². The molecule has 1 aliphatic heterocycles. The number of phenolic OH excluding ortho intramolecular Hbond substituents is 1. The van der Waals surface area contributed by atoms with Crippen molar-refractivity contribution in [3.05, 3.63) is 23.3 Å². The first-order chi connectivity index (χ1) is 12.3. The Balaban J connectivity index is 1.73. The van der Waals surface area contributed by atoms with Crippen LogP contribution >= 0.6 is 0 Å². The highest BCUT2D eigenvalue weighted by Crippen LogP contribution is 2.70. The minimum Gasteiger partial charge on any atom is -0.505 e. The van der Waals surface area contributed by atoms with Crippen molar-refractivity contribution in [2.45, 2.75) is 90.8 Å². The van der Waals surface area contributed by atoms with Gasteiger partial charge in [-0.15, -0.1) is 0 Å². The van der Waals surface area contributed by atoms with Crippen molar-refractivity contribution in [3.8, 4) is 5.75 Å². The summed E-state index contributed by atoms with van der Waals surface area (Å²) >= 11 is 0. The Morgan fingerprint density at radius 1 is 1.07 bits per heavy atom. The third-order valence-corrected chi connectivity index (χ3v) is 7.48. The number of rotatable bonds is 2. The molecule has 27 heavy (non-hydrogen) atoms. The van der Waals surface area contributed by atoms with Crippen molar-refractivity contribution in [2.24, 2.45) is 22.2 Å². The van der Waals surface area contributed by atoms with E-state index in [0.717, 1.165) is 17.9 Å². The quantitative estimate of drug-likeness (QED) is 0.521. The smallest absolute Gasteiger partial charge is 0.144 e. The van der Waals surface area contributed by atoms with Crippen LogP contribution in [0.3, 0.4) is 0 Å². The predicted molar refractivity (Wildman–Crippen MR) is 111 cm³/mol. The number of hydrogen-bond donors (Lipinski definition) is 1. The molecule has 1 aromatic carbocycles. The molecular formula is C24H35NO2. The van der Waals surface area contributed by atoms with E-state index >= 15 is 0 Å². The van der Waals surface area contributed by atoms with Gasteiger partial charge >= 0.3 is 0 Å². The van der Waals surface area contributed by atoms with E-state index in [2.05, 4.69) is 61.5 Å². The van der Waals surface area contributed by atoms with Crippen LogP contribution in [0.2, 0.25) is 0 Å². The molecule has 2 bridgehead atoms. The summed E-state index contributed by atoms with van der Waals surface area (Å²) < 4.78 is 6.18. The highest BCUT2D eigenvalue weighted by atomic mass is 16.6. The number of nitrogens with zero attached hydrogens (tertiary/aromatic N) is 1. The first kappa shape index (κ1) is 19.0. The zero-order valence-corrected chi connectivity index (χ0v) is 18.2.